The first kappa shape index (κ1) is 16.3. The lowest BCUT2D eigenvalue weighted by atomic mass is 9.93. The SMILES string of the molecule is CSc1cccc(Nc2nc(C(C)(C)C)cs2)c1C(N)=S. The fourth-order valence-electron chi connectivity index (χ4n) is 1.85. The van der Waals surface area contributed by atoms with Gasteiger partial charge in [-0.1, -0.05) is 39.1 Å². The van der Waals surface area contributed by atoms with E-state index in [1.54, 1.807) is 23.1 Å². The van der Waals surface area contributed by atoms with E-state index in [1.807, 2.05) is 24.5 Å². The van der Waals surface area contributed by atoms with Crippen LogP contribution in [0.5, 0.6) is 0 Å². The molecule has 1 aromatic carbocycles. The minimum Gasteiger partial charge on any atom is -0.389 e. The van der Waals surface area contributed by atoms with Crippen molar-refractivity contribution in [1.82, 2.24) is 4.98 Å². The van der Waals surface area contributed by atoms with E-state index in [9.17, 15) is 0 Å². The lowest BCUT2D eigenvalue weighted by Gasteiger charge is -2.15. The monoisotopic (exact) mass is 337 g/mol. The van der Waals surface area contributed by atoms with Crippen LogP contribution < -0.4 is 11.1 Å². The van der Waals surface area contributed by atoms with Gasteiger partial charge in [0.15, 0.2) is 5.13 Å². The van der Waals surface area contributed by atoms with Gasteiger partial charge in [0.05, 0.1) is 11.4 Å². The molecule has 0 saturated carbocycles. The summed E-state index contributed by atoms with van der Waals surface area (Å²) in [5.41, 5.74) is 8.79. The van der Waals surface area contributed by atoms with Gasteiger partial charge in [0.25, 0.3) is 0 Å². The van der Waals surface area contributed by atoms with Gasteiger partial charge in [0, 0.05) is 21.3 Å². The predicted molar refractivity (Wildman–Crippen MR) is 98.2 cm³/mol. The number of nitrogens with zero attached hydrogens (tertiary/aromatic N) is 1. The number of benzene rings is 1. The summed E-state index contributed by atoms with van der Waals surface area (Å²) in [5.74, 6) is 0. The Bertz CT molecular complexity index is 656. The van der Waals surface area contributed by atoms with E-state index in [-0.39, 0.29) is 5.41 Å². The van der Waals surface area contributed by atoms with Crippen molar-refractivity contribution in [2.75, 3.05) is 11.6 Å². The standard InChI is InChI=1S/C15H19N3S3/c1-15(2,3)11-8-21-14(18-11)17-9-6-5-7-10(20-4)12(9)13(16)19/h5-8H,1-4H3,(H2,16,19)(H,17,18). The number of hydrogen-bond acceptors (Lipinski definition) is 5. The van der Waals surface area contributed by atoms with Crippen molar-refractivity contribution >= 4 is 51.1 Å². The molecule has 21 heavy (non-hydrogen) atoms. The summed E-state index contributed by atoms with van der Waals surface area (Å²) in [6.45, 7) is 6.46. The largest absolute Gasteiger partial charge is 0.389 e. The van der Waals surface area contributed by atoms with Gasteiger partial charge >= 0.3 is 0 Å². The first-order chi connectivity index (χ1) is 9.82. The number of thioether (sulfide) groups is 1. The molecule has 0 aliphatic rings. The normalized spacial score (nSPS) is 11.4. The quantitative estimate of drug-likeness (QED) is 0.633. The van der Waals surface area contributed by atoms with Gasteiger partial charge in [-0.25, -0.2) is 4.98 Å². The molecule has 0 fully saturated rings. The van der Waals surface area contributed by atoms with E-state index in [2.05, 4.69) is 36.5 Å². The number of nitrogens with one attached hydrogen (secondary N) is 1. The molecule has 1 aromatic heterocycles. The lowest BCUT2D eigenvalue weighted by Crippen LogP contribution is -2.14. The molecule has 0 amide bonds. The highest BCUT2D eigenvalue weighted by Crippen LogP contribution is 2.32. The molecule has 3 nitrogen and oxygen atoms in total. The fourth-order valence-corrected chi connectivity index (χ4v) is 3.72. The van der Waals surface area contributed by atoms with Crippen LogP contribution in [0, 0.1) is 0 Å². The van der Waals surface area contributed by atoms with Crippen molar-refractivity contribution in [3.05, 3.63) is 34.8 Å². The Morgan fingerprint density at radius 3 is 2.62 bits per heavy atom. The number of nitrogens with two attached hydrogens (primary N) is 1. The third-order valence-corrected chi connectivity index (χ3v) is 4.75. The molecule has 0 bridgehead atoms. The Balaban J connectivity index is 2.36. The van der Waals surface area contributed by atoms with Crippen molar-refractivity contribution in [2.45, 2.75) is 31.1 Å². The molecule has 1 heterocycles. The molecule has 0 spiro atoms. The van der Waals surface area contributed by atoms with Crippen molar-refractivity contribution in [1.29, 1.82) is 0 Å². The zero-order valence-electron chi connectivity index (χ0n) is 12.6. The fraction of sp³-hybridized carbons (Fsp3) is 0.333. The summed E-state index contributed by atoms with van der Waals surface area (Å²) in [6.07, 6.45) is 2.02. The molecule has 6 heteroatoms. The molecule has 2 aromatic rings. The van der Waals surface area contributed by atoms with E-state index < -0.39 is 0 Å². The molecule has 0 atom stereocenters. The first-order valence-electron chi connectivity index (χ1n) is 6.52. The minimum absolute atomic E-state index is 0.0452. The molecule has 0 aliphatic carbocycles. The Labute approximate surface area is 139 Å². The number of aromatic nitrogens is 1. The van der Waals surface area contributed by atoms with E-state index in [4.69, 9.17) is 18.0 Å². The van der Waals surface area contributed by atoms with E-state index in [1.165, 1.54) is 0 Å². The van der Waals surface area contributed by atoms with Crippen LogP contribution in [0.2, 0.25) is 0 Å². The topological polar surface area (TPSA) is 50.9 Å². The average molecular weight is 338 g/mol. The molecule has 0 unspecified atom stereocenters. The summed E-state index contributed by atoms with van der Waals surface area (Å²) < 4.78 is 0. The molecule has 0 radical (unpaired) electrons. The van der Waals surface area contributed by atoms with Gasteiger partial charge in [0.2, 0.25) is 0 Å². The van der Waals surface area contributed by atoms with Crippen molar-refractivity contribution in [2.24, 2.45) is 5.73 Å². The summed E-state index contributed by atoms with van der Waals surface area (Å²) >= 11 is 8.42. The third-order valence-electron chi connectivity index (χ3n) is 3.01. The Hall–Kier alpha value is -1.11. The average Bonchev–Trinajstić information content (AvgIpc) is 2.86. The molecule has 2 rings (SSSR count). The number of thiocarbonyl (C=S) groups is 1. The maximum absolute atomic E-state index is 5.88. The molecule has 0 aliphatic heterocycles. The smallest absolute Gasteiger partial charge is 0.187 e. The molecule has 3 N–H and O–H groups in total. The van der Waals surface area contributed by atoms with E-state index in [0.717, 1.165) is 27.0 Å². The maximum atomic E-state index is 5.88. The van der Waals surface area contributed by atoms with Gasteiger partial charge < -0.3 is 11.1 Å². The summed E-state index contributed by atoms with van der Waals surface area (Å²) in [6, 6.07) is 5.99. The number of anilines is 2. The minimum atomic E-state index is 0.0452. The van der Waals surface area contributed by atoms with Crippen LogP contribution in [0.1, 0.15) is 32.0 Å². The zero-order valence-corrected chi connectivity index (χ0v) is 15.0. The zero-order chi connectivity index (χ0) is 15.6. The first-order valence-corrected chi connectivity index (χ1v) is 9.04. The summed E-state index contributed by atoms with van der Waals surface area (Å²) in [4.78, 5) is 6.12. The van der Waals surface area contributed by atoms with E-state index in [0.29, 0.717) is 4.99 Å². The summed E-state index contributed by atoms with van der Waals surface area (Å²) in [7, 11) is 0. The Kier molecular flexibility index (Phi) is 4.91. The van der Waals surface area contributed by atoms with Crippen molar-refractivity contribution in [3.63, 3.8) is 0 Å². The van der Waals surface area contributed by atoms with E-state index >= 15 is 0 Å². The second-order valence-corrected chi connectivity index (χ2v) is 7.81. The van der Waals surface area contributed by atoms with Crippen LogP contribution >= 0.6 is 35.3 Å². The van der Waals surface area contributed by atoms with Gasteiger partial charge in [-0.2, -0.15) is 0 Å². The number of rotatable bonds is 4. The second kappa shape index (κ2) is 6.34. The number of thiazole rings is 1. The van der Waals surface area contributed by atoms with Crippen LogP contribution in [0.3, 0.4) is 0 Å². The van der Waals surface area contributed by atoms with Crippen molar-refractivity contribution < 1.29 is 0 Å². The lowest BCUT2D eigenvalue weighted by molar-refractivity contribution is 0.573. The highest BCUT2D eigenvalue weighted by atomic mass is 32.2. The highest BCUT2D eigenvalue weighted by Gasteiger charge is 2.18. The number of hydrogen-bond donors (Lipinski definition) is 2. The molecule has 0 saturated heterocycles. The Morgan fingerprint density at radius 2 is 2.10 bits per heavy atom. The van der Waals surface area contributed by atoms with Crippen LogP contribution in [-0.2, 0) is 5.41 Å². The highest BCUT2D eigenvalue weighted by molar-refractivity contribution is 7.98. The predicted octanol–water partition coefficient (Wildman–Crippen LogP) is 4.54. The summed E-state index contributed by atoms with van der Waals surface area (Å²) in [5, 5.41) is 6.29. The maximum Gasteiger partial charge on any atom is 0.187 e. The Morgan fingerprint density at radius 1 is 1.38 bits per heavy atom. The van der Waals surface area contributed by atoms with Crippen LogP contribution in [-0.4, -0.2) is 16.2 Å². The molecular formula is C15H19N3S3. The van der Waals surface area contributed by atoms with Crippen molar-refractivity contribution in [3.8, 4) is 0 Å². The van der Waals surface area contributed by atoms with Crippen LogP contribution in [0.4, 0.5) is 10.8 Å². The van der Waals surface area contributed by atoms with Crippen LogP contribution in [0.15, 0.2) is 28.5 Å². The molecule has 112 valence electrons. The van der Waals surface area contributed by atoms with Gasteiger partial charge in [-0.3, -0.25) is 0 Å². The van der Waals surface area contributed by atoms with Crippen LogP contribution in [0.25, 0.3) is 0 Å². The van der Waals surface area contributed by atoms with Gasteiger partial charge in [0.1, 0.15) is 4.99 Å². The van der Waals surface area contributed by atoms with Gasteiger partial charge in [-0.15, -0.1) is 23.1 Å². The molecular weight excluding hydrogens is 318 g/mol. The van der Waals surface area contributed by atoms with Gasteiger partial charge in [-0.05, 0) is 18.4 Å². The third kappa shape index (κ3) is 3.75. The second-order valence-electron chi connectivity index (χ2n) is 5.66.